The molecule has 2 nitrogen and oxygen atoms in total. The molecule has 0 fully saturated rings. The van der Waals surface area contributed by atoms with Crippen LogP contribution in [-0.2, 0) is 0 Å². The van der Waals surface area contributed by atoms with Crippen LogP contribution in [0.4, 0.5) is 0 Å². The number of hydrogen-bond donors (Lipinski definition) is 1. The lowest BCUT2D eigenvalue weighted by molar-refractivity contribution is 0.0935. The van der Waals surface area contributed by atoms with Gasteiger partial charge in [0.05, 0.1) is 5.02 Å². The molecule has 1 rings (SSSR count). The summed E-state index contributed by atoms with van der Waals surface area (Å²) in [6, 6.07) is 5.40. The average molecular weight is 384 g/mol. The van der Waals surface area contributed by atoms with Gasteiger partial charge in [0.2, 0.25) is 0 Å². The number of nitrogens with one attached hydrogen (secondary N) is 1. The Morgan fingerprint density at radius 3 is 2.76 bits per heavy atom. The van der Waals surface area contributed by atoms with Crippen molar-refractivity contribution in [1.29, 1.82) is 0 Å². The van der Waals surface area contributed by atoms with Crippen molar-refractivity contribution in [2.75, 3.05) is 5.33 Å². The topological polar surface area (TPSA) is 29.1 Å². The quantitative estimate of drug-likeness (QED) is 0.751. The van der Waals surface area contributed by atoms with E-state index in [2.05, 4.69) is 44.1 Å². The van der Waals surface area contributed by atoms with E-state index in [1.807, 2.05) is 0 Å². The summed E-state index contributed by atoms with van der Waals surface area (Å²) in [6.45, 7) is 2.06. The van der Waals surface area contributed by atoms with Crippen LogP contribution in [0.5, 0.6) is 0 Å². The van der Waals surface area contributed by atoms with Crippen molar-refractivity contribution in [3.8, 4) is 0 Å². The average Bonchev–Trinajstić information content (AvgIpc) is 2.31. The maximum absolute atomic E-state index is 12.0. The van der Waals surface area contributed by atoms with Gasteiger partial charge < -0.3 is 5.32 Å². The van der Waals surface area contributed by atoms with Gasteiger partial charge in [0, 0.05) is 21.4 Å². The molecular weight excluding hydrogens is 369 g/mol. The van der Waals surface area contributed by atoms with E-state index >= 15 is 0 Å². The Morgan fingerprint density at radius 1 is 1.53 bits per heavy atom. The van der Waals surface area contributed by atoms with Crippen LogP contribution in [0.25, 0.3) is 0 Å². The van der Waals surface area contributed by atoms with Crippen LogP contribution in [-0.4, -0.2) is 17.3 Å². The van der Waals surface area contributed by atoms with Gasteiger partial charge in [0.1, 0.15) is 0 Å². The number of rotatable bonds is 5. The Hall–Kier alpha value is -0.0600. The van der Waals surface area contributed by atoms with Crippen molar-refractivity contribution in [3.63, 3.8) is 0 Å². The van der Waals surface area contributed by atoms with Crippen LogP contribution in [0.1, 0.15) is 30.1 Å². The number of benzene rings is 1. The van der Waals surface area contributed by atoms with Crippen molar-refractivity contribution >= 4 is 49.4 Å². The van der Waals surface area contributed by atoms with Crippen LogP contribution in [0.3, 0.4) is 0 Å². The van der Waals surface area contributed by atoms with Crippen molar-refractivity contribution in [2.45, 2.75) is 25.8 Å². The molecule has 0 saturated heterocycles. The van der Waals surface area contributed by atoms with E-state index in [-0.39, 0.29) is 11.9 Å². The molecule has 0 bridgehead atoms. The van der Waals surface area contributed by atoms with E-state index in [0.29, 0.717) is 10.6 Å². The fraction of sp³-hybridized carbons (Fsp3) is 0.417. The number of hydrogen-bond acceptors (Lipinski definition) is 1. The number of carbonyl (C=O) groups is 1. The lowest BCUT2D eigenvalue weighted by atomic mass is 10.1. The maximum Gasteiger partial charge on any atom is 0.251 e. The summed E-state index contributed by atoms with van der Waals surface area (Å²) in [5, 5.41) is 4.42. The second kappa shape index (κ2) is 7.39. The van der Waals surface area contributed by atoms with E-state index < -0.39 is 0 Å². The third kappa shape index (κ3) is 4.60. The van der Waals surface area contributed by atoms with Gasteiger partial charge in [-0.05, 0) is 47.0 Å². The van der Waals surface area contributed by atoms with Crippen LogP contribution in [0.2, 0.25) is 5.02 Å². The highest BCUT2D eigenvalue weighted by atomic mass is 79.9. The molecule has 0 aliphatic carbocycles. The molecule has 0 aliphatic rings. The van der Waals surface area contributed by atoms with Crippen LogP contribution in [0.15, 0.2) is 22.7 Å². The fourth-order valence-electron chi connectivity index (χ4n) is 1.42. The Morgan fingerprint density at radius 2 is 2.24 bits per heavy atom. The zero-order valence-corrected chi connectivity index (χ0v) is 13.4. The van der Waals surface area contributed by atoms with Gasteiger partial charge in [-0.1, -0.05) is 34.5 Å². The smallest absolute Gasteiger partial charge is 0.251 e. The Balaban J connectivity index is 2.72. The summed E-state index contributed by atoms with van der Waals surface area (Å²) in [5.41, 5.74) is 0.589. The van der Waals surface area contributed by atoms with E-state index in [9.17, 15) is 4.79 Å². The number of alkyl halides is 1. The highest BCUT2D eigenvalue weighted by Gasteiger charge is 2.12. The summed E-state index contributed by atoms with van der Waals surface area (Å²) in [6.07, 6.45) is 1.84. The van der Waals surface area contributed by atoms with Gasteiger partial charge in [-0.2, -0.15) is 0 Å². The normalized spacial score (nSPS) is 12.2. The number of carbonyl (C=O) groups excluding carboxylic acids is 1. The van der Waals surface area contributed by atoms with Gasteiger partial charge in [0.25, 0.3) is 5.91 Å². The molecule has 1 aromatic rings. The summed E-state index contributed by atoms with van der Waals surface area (Å²) >= 11 is 12.6. The van der Waals surface area contributed by atoms with E-state index in [1.54, 1.807) is 18.2 Å². The first-order valence-electron chi connectivity index (χ1n) is 5.40. The summed E-state index contributed by atoms with van der Waals surface area (Å²) in [7, 11) is 0. The second-order valence-corrected chi connectivity index (χ2v) is 5.74. The zero-order chi connectivity index (χ0) is 12.8. The van der Waals surface area contributed by atoms with Gasteiger partial charge in [-0.3, -0.25) is 4.79 Å². The standard InChI is InChI=1S/C12H14Br2ClNO/c1-2-9(5-6-13)16-12(17)8-3-4-10(14)11(15)7-8/h3-4,7,9H,2,5-6H2,1H3,(H,16,17). The minimum absolute atomic E-state index is 0.0767. The van der Waals surface area contributed by atoms with E-state index in [1.165, 1.54) is 0 Å². The minimum Gasteiger partial charge on any atom is -0.349 e. The van der Waals surface area contributed by atoms with E-state index in [0.717, 1.165) is 22.6 Å². The van der Waals surface area contributed by atoms with Crippen LogP contribution in [0, 0.1) is 0 Å². The molecule has 0 radical (unpaired) electrons. The maximum atomic E-state index is 12.0. The molecule has 0 saturated carbocycles. The predicted octanol–water partition coefficient (Wildman–Crippen LogP) is 4.40. The Kier molecular flexibility index (Phi) is 6.52. The molecule has 0 aromatic heterocycles. The summed E-state index contributed by atoms with van der Waals surface area (Å²) in [5.74, 6) is -0.0767. The molecule has 1 aromatic carbocycles. The lowest BCUT2D eigenvalue weighted by Gasteiger charge is -2.15. The largest absolute Gasteiger partial charge is 0.349 e. The Bertz CT molecular complexity index is 398. The molecule has 0 aliphatic heterocycles. The molecule has 1 amide bonds. The third-order valence-corrected chi connectivity index (χ3v) is 4.16. The van der Waals surface area contributed by atoms with Crippen LogP contribution >= 0.6 is 43.5 Å². The number of amides is 1. The van der Waals surface area contributed by atoms with Crippen molar-refractivity contribution in [2.24, 2.45) is 0 Å². The minimum atomic E-state index is -0.0767. The van der Waals surface area contributed by atoms with Crippen molar-refractivity contribution in [3.05, 3.63) is 33.3 Å². The zero-order valence-electron chi connectivity index (χ0n) is 9.47. The summed E-state index contributed by atoms with van der Waals surface area (Å²) < 4.78 is 0.795. The Labute approximate surface area is 123 Å². The van der Waals surface area contributed by atoms with E-state index in [4.69, 9.17) is 11.6 Å². The predicted molar refractivity (Wildman–Crippen MR) is 79.1 cm³/mol. The highest BCUT2D eigenvalue weighted by molar-refractivity contribution is 9.10. The van der Waals surface area contributed by atoms with Gasteiger partial charge in [0.15, 0.2) is 0 Å². The molecule has 0 heterocycles. The molecule has 1 unspecified atom stereocenters. The number of halogens is 3. The third-order valence-electron chi connectivity index (χ3n) is 2.47. The first-order valence-corrected chi connectivity index (χ1v) is 7.69. The van der Waals surface area contributed by atoms with Crippen molar-refractivity contribution < 1.29 is 4.79 Å². The molecule has 94 valence electrons. The van der Waals surface area contributed by atoms with Crippen LogP contribution < -0.4 is 5.32 Å². The van der Waals surface area contributed by atoms with Gasteiger partial charge in [-0.25, -0.2) is 0 Å². The SMILES string of the molecule is CCC(CCBr)NC(=O)c1ccc(Br)c(Cl)c1. The molecule has 1 atom stereocenters. The van der Waals surface area contributed by atoms with Crippen molar-refractivity contribution in [1.82, 2.24) is 5.32 Å². The first kappa shape index (κ1) is 15.0. The molecule has 17 heavy (non-hydrogen) atoms. The molecule has 0 spiro atoms. The summed E-state index contributed by atoms with van der Waals surface area (Å²) in [4.78, 5) is 12.0. The first-order chi connectivity index (χ1) is 8.08. The van der Waals surface area contributed by atoms with Gasteiger partial charge >= 0.3 is 0 Å². The second-order valence-electron chi connectivity index (χ2n) is 3.69. The molecular formula is C12H14Br2ClNO. The fourth-order valence-corrected chi connectivity index (χ4v) is 2.40. The lowest BCUT2D eigenvalue weighted by Crippen LogP contribution is -2.34. The van der Waals surface area contributed by atoms with Gasteiger partial charge in [-0.15, -0.1) is 0 Å². The molecule has 1 N–H and O–H groups in total. The molecule has 5 heteroatoms. The monoisotopic (exact) mass is 381 g/mol. The highest BCUT2D eigenvalue weighted by Crippen LogP contribution is 2.23.